The molecule has 0 amide bonds. The van der Waals surface area contributed by atoms with E-state index in [2.05, 4.69) is 4.98 Å². The van der Waals surface area contributed by atoms with Crippen LogP contribution in [0, 0.1) is 20.6 Å². The quantitative estimate of drug-likeness (QED) is 0.325. The Labute approximate surface area is 181 Å². The smallest absolute Gasteiger partial charge is 0.144 e. The zero-order valence-corrected chi connectivity index (χ0v) is 14.8. The maximum absolute atomic E-state index is 8.49. The number of aromatic nitrogens is 1. The van der Waals surface area contributed by atoms with Crippen molar-refractivity contribution < 1.29 is 20.9 Å². The fourth-order valence-corrected chi connectivity index (χ4v) is 3.28. The van der Waals surface area contributed by atoms with Gasteiger partial charge in [-0.05, 0) is 61.1 Å². The molecule has 5 aromatic rings. The summed E-state index contributed by atoms with van der Waals surface area (Å²) in [5, 5.41) is -0.0600. The van der Waals surface area contributed by atoms with Crippen molar-refractivity contribution >= 4 is 21.9 Å². The molecule has 0 fully saturated rings. The van der Waals surface area contributed by atoms with Crippen LogP contribution in [-0.4, -0.2) is 4.98 Å². The normalized spacial score (nSPS) is 18.5. The van der Waals surface area contributed by atoms with Crippen LogP contribution in [0.5, 0.6) is 0 Å². The van der Waals surface area contributed by atoms with E-state index in [0.717, 1.165) is 6.20 Å². The van der Waals surface area contributed by atoms with E-state index in [1.165, 1.54) is 24.3 Å². The van der Waals surface area contributed by atoms with E-state index in [1.807, 2.05) is 0 Å². The standard InChI is InChI=1S/C26H21NO/c1-16-11-12-19(17(2)13-16)23-14-24(27-15-18(23)3)22-9-6-8-21-20-7-4-5-10-25(20)28-26(21)22/h4-15H,1-3H3/i2D3,3D3,4D,5D,6D,7D,8D,10D. The number of hydrogen-bond donors (Lipinski definition) is 0. The summed E-state index contributed by atoms with van der Waals surface area (Å²) >= 11 is 0. The molecule has 0 aliphatic rings. The van der Waals surface area contributed by atoms with Crippen LogP contribution in [0.15, 0.2) is 77.2 Å². The van der Waals surface area contributed by atoms with E-state index < -0.39 is 37.9 Å². The Balaban J connectivity index is 1.90. The van der Waals surface area contributed by atoms with E-state index in [-0.39, 0.29) is 67.5 Å². The van der Waals surface area contributed by atoms with Crippen LogP contribution in [0.25, 0.3) is 44.3 Å². The van der Waals surface area contributed by atoms with E-state index in [4.69, 9.17) is 20.9 Å². The number of fused-ring (bicyclic) bond motifs is 3. The molecule has 2 heterocycles. The van der Waals surface area contributed by atoms with Crippen molar-refractivity contribution in [1.29, 1.82) is 0 Å². The molecule has 2 nitrogen and oxygen atoms in total. The molecule has 3 aromatic carbocycles. The van der Waals surface area contributed by atoms with Gasteiger partial charge in [-0.25, -0.2) is 0 Å². The molecule has 0 saturated heterocycles. The molecule has 0 saturated carbocycles. The molecule has 28 heavy (non-hydrogen) atoms. The lowest BCUT2D eigenvalue weighted by Gasteiger charge is -2.12. The van der Waals surface area contributed by atoms with Crippen LogP contribution < -0.4 is 0 Å². The third kappa shape index (κ3) is 2.61. The van der Waals surface area contributed by atoms with Crippen molar-refractivity contribution in [1.82, 2.24) is 4.98 Å². The molecule has 0 spiro atoms. The van der Waals surface area contributed by atoms with Crippen LogP contribution in [0.3, 0.4) is 0 Å². The van der Waals surface area contributed by atoms with Crippen LogP contribution in [-0.2, 0) is 0 Å². The lowest BCUT2D eigenvalue weighted by molar-refractivity contribution is 0.670. The number of nitrogens with zero attached hydrogens (tertiary/aromatic N) is 1. The Hall–Kier alpha value is -3.39. The summed E-state index contributed by atoms with van der Waals surface area (Å²) in [5.74, 6) is 0. The lowest BCUT2D eigenvalue weighted by atomic mass is 9.94. The van der Waals surface area contributed by atoms with Crippen LogP contribution >= 0.6 is 0 Å². The third-order valence-corrected chi connectivity index (χ3v) is 4.64. The summed E-state index contributed by atoms with van der Waals surface area (Å²) in [7, 11) is 0. The van der Waals surface area contributed by atoms with Crippen molar-refractivity contribution in [2.75, 3.05) is 0 Å². The van der Waals surface area contributed by atoms with Gasteiger partial charge < -0.3 is 4.42 Å². The minimum atomic E-state index is -2.65. The first kappa shape index (κ1) is 8.32. The largest absolute Gasteiger partial charge is 0.455 e. The zero-order valence-electron chi connectivity index (χ0n) is 26.8. The van der Waals surface area contributed by atoms with Gasteiger partial charge in [-0.1, -0.05) is 54.0 Å². The highest BCUT2D eigenvalue weighted by Gasteiger charge is 2.14. The highest BCUT2D eigenvalue weighted by atomic mass is 16.3. The summed E-state index contributed by atoms with van der Waals surface area (Å²) in [4.78, 5) is 4.31. The first-order valence-electron chi connectivity index (χ1n) is 14.6. The predicted octanol–water partition coefficient (Wildman–Crippen LogP) is 7.24. The van der Waals surface area contributed by atoms with Crippen molar-refractivity contribution in [3.8, 4) is 22.4 Å². The second-order valence-corrected chi connectivity index (χ2v) is 6.50. The first-order chi connectivity index (χ1) is 18.5. The summed E-state index contributed by atoms with van der Waals surface area (Å²) in [6.45, 7) is -3.47. The maximum Gasteiger partial charge on any atom is 0.144 e. The van der Waals surface area contributed by atoms with Gasteiger partial charge in [-0.2, -0.15) is 0 Å². The SMILES string of the molecule is [2H]c1cc(-c2cc(-c3ccc(C)cc3C([2H])([2H])[2H])c(C([2H])([2H])[2H])cn2)c2oc3c([2H])c([2H])c([2H])c([2H])c3c2c1[2H]. The second kappa shape index (κ2) is 6.35. The first-order valence-corrected chi connectivity index (χ1v) is 8.57. The molecule has 5 rings (SSSR count). The highest BCUT2D eigenvalue weighted by molar-refractivity contribution is 6.09. The van der Waals surface area contributed by atoms with Gasteiger partial charge in [0.05, 0.1) is 13.9 Å². The third-order valence-electron chi connectivity index (χ3n) is 4.64. The maximum atomic E-state index is 8.49. The molecule has 136 valence electrons. The molecular weight excluding hydrogens is 342 g/mol. The molecule has 2 aromatic heterocycles. The number of rotatable bonds is 2. The Morgan fingerprint density at radius 3 is 2.61 bits per heavy atom. The van der Waals surface area contributed by atoms with Gasteiger partial charge in [0.2, 0.25) is 0 Å². The molecular formula is C26H21NO. The monoisotopic (exact) mass is 375 g/mol. The molecule has 0 aliphatic heterocycles. The molecule has 0 unspecified atom stereocenters. The van der Waals surface area contributed by atoms with Crippen LogP contribution in [0.2, 0.25) is 0 Å². The van der Waals surface area contributed by atoms with Crippen LogP contribution in [0.1, 0.15) is 33.1 Å². The van der Waals surface area contributed by atoms with Gasteiger partial charge in [0, 0.05) is 30.8 Å². The fourth-order valence-electron chi connectivity index (χ4n) is 3.28. The Kier molecular flexibility index (Phi) is 1.89. The molecule has 0 aliphatic carbocycles. The summed E-state index contributed by atoms with van der Waals surface area (Å²) < 4.78 is 104. The van der Waals surface area contributed by atoms with Gasteiger partial charge in [-0.15, -0.1) is 0 Å². The summed E-state index contributed by atoms with van der Waals surface area (Å²) in [6, 6.07) is 4.86. The van der Waals surface area contributed by atoms with Gasteiger partial charge >= 0.3 is 0 Å². The Morgan fingerprint density at radius 2 is 1.71 bits per heavy atom. The van der Waals surface area contributed by atoms with E-state index >= 15 is 0 Å². The summed E-state index contributed by atoms with van der Waals surface area (Å²) in [6.07, 6.45) is 1.11. The number of furan rings is 1. The Bertz CT molecular complexity index is 1850. The average Bonchev–Trinajstić information content (AvgIpc) is 3.28. The van der Waals surface area contributed by atoms with Gasteiger partial charge in [0.1, 0.15) is 11.2 Å². The van der Waals surface area contributed by atoms with Gasteiger partial charge in [0.25, 0.3) is 0 Å². The van der Waals surface area contributed by atoms with Gasteiger partial charge in [-0.3, -0.25) is 4.98 Å². The number of hydrogen-bond acceptors (Lipinski definition) is 2. The topological polar surface area (TPSA) is 26.0 Å². The minimum Gasteiger partial charge on any atom is -0.455 e. The lowest BCUT2D eigenvalue weighted by Crippen LogP contribution is -1.92. The van der Waals surface area contributed by atoms with Crippen molar-refractivity contribution in [3.05, 3.63) is 89.5 Å². The molecule has 0 atom stereocenters. The van der Waals surface area contributed by atoms with Gasteiger partial charge in [0.15, 0.2) is 0 Å². The van der Waals surface area contributed by atoms with Crippen molar-refractivity contribution in [2.24, 2.45) is 0 Å². The van der Waals surface area contributed by atoms with Crippen LogP contribution in [0.4, 0.5) is 0 Å². The van der Waals surface area contributed by atoms with Crippen molar-refractivity contribution in [2.45, 2.75) is 20.6 Å². The Morgan fingerprint density at radius 1 is 0.857 bits per heavy atom. The fraction of sp³-hybridized carbons (Fsp3) is 0.115. The van der Waals surface area contributed by atoms with E-state index in [9.17, 15) is 0 Å². The zero-order chi connectivity index (χ0) is 29.5. The summed E-state index contributed by atoms with van der Waals surface area (Å²) in [5.41, 5.74) is 0.734. The predicted molar refractivity (Wildman–Crippen MR) is 117 cm³/mol. The number of pyridine rings is 1. The number of aryl methyl sites for hydroxylation is 3. The van der Waals surface area contributed by atoms with Crippen molar-refractivity contribution in [3.63, 3.8) is 0 Å². The van der Waals surface area contributed by atoms with E-state index in [0.29, 0.717) is 5.56 Å². The highest BCUT2D eigenvalue weighted by Crippen LogP contribution is 2.37. The number of para-hydroxylation sites is 2. The molecule has 0 N–H and O–H groups in total. The molecule has 0 radical (unpaired) electrons. The minimum absolute atomic E-state index is 0.00809. The second-order valence-electron chi connectivity index (χ2n) is 6.50. The molecule has 2 heteroatoms. The number of benzene rings is 3. The molecule has 0 bridgehead atoms. The van der Waals surface area contributed by atoms with E-state index in [1.54, 1.807) is 13.0 Å². The average molecular weight is 376 g/mol.